The number of nitrogens with one attached hydrogen (secondary N) is 1. The van der Waals surface area contributed by atoms with Gasteiger partial charge < -0.3 is 26.2 Å². The van der Waals surface area contributed by atoms with Crippen LogP contribution >= 0.6 is 11.8 Å². The fourth-order valence-corrected chi connectivity index (χ4v) is 3.17. The molecule has 3 atom stereocenters. The summed E-state index contributed by atoms with van der Waals surface area (Å²) in [5.74, 6) is -2.61. The van der Waals surface area contributed by atoms with Crippen molar-refractivity contribution in [2.75, 3.05) is 18.6 Å². The third kappa shape index (κ3) is 6.54. The predicted octanol–water partition coefficient (Wildman–Crippen LogP) is -0.508. The zero-order chi connectivity index (χ0) is 19.0. The molecule has 1 fully saturated rings. The van der Waals surface area contributed by atoms with E-state index >= 15 is 0 Å². The van der Waals surface area contributed by atoms with Gasteiger partial charge in [-0.15, -0.1) is 0 Å². The lowest BCUT2D eigenvalue weighted by Gasteiger charge is -2.27. The van der Waals surface area contributed by atoms with E-state index in [0.29, 0.717) is 25.8 Å². The first-order valence-corrected chi connectivity index (χ1v) is 9.47. The van der Waals surface area contributed by atoms with E-state index < -0.39 is 36.0 Å². The molecule has 0 aromatic carbocycles. The molecule has 5 N–H and O–H groups in total. The summed E-state index contributed by atoms with van der Waals surface area (Å²) in [6.07, 6.45) is 2.88. The third-order valence-corrected chi connectivity index (χ3v) is 4.69. The Morgan fingerprint density at radius 3 is 2.52 bits per heavy atom. The fourth-order valence-electron chi connectivity index (χ4n) is 2.68. The average Bonchev–Trinajstić information content (AvgIpc) is 3.04. The Hall–Kier alpha value is -1.81. The first kappa shape index (κ1) is 21.2. The minimum Gasteiger partial charge on any atom is -0.481 e. The molecule has 0 unspecified atom stereocenters. The van der Waals surface area contributed by atoms with Crippen molar-refractivity contribution < 1.29 is 29.4 Å². The van der Waals surface area contributed by atoms with Crippen molar-refractivity contribution >= 4 is 35.5 Å². The molecule has 1 rings (SSSR count). The van der Waals surface area contributed by atoms with Gasteiger partial charge in [0.1, 0.15) is 12.1 Å². The monoisotopic (exact) mass is 375 g/mol. The Bertz CT molecular complexity index is 515. The highest BCUT2D eigenvalue weighted by Gasteiger charge is 2.37. The van der Waals surface area contributed by atoms with Crippen LogP contribution in [0.5, 0.6) is 0 Å². The van der Waals surface area contributed by atoms with Crippen LogP contribution in [0.25, 0.3) is 0 Å². The smallest absolute Gasteiger partial charge is 0.326 e. The molecule has 1 aliphatic rings. The molecule has 1 aliphatic heterocycles. The lowest BCUT2D eigenvalue weighted by atomic mass is 10.1. The summed E-state index contributed by atoms with van der Waals surface area (Å²) in [5.41, 5.74) is 5.88. The summed E-state index contributed by atoms with van der Waals surface area (Å²) in [4.78, 5) is 48.0. The molecule has 1 saturated heterocycles. The number of nitrogens with zero attached hydrogens (tertiary/aromatic N) is 1. The molecule has 0 radical (unpaired) electrons. The van der Waals surface area contributed by atoms with Crippen LogP contribution in [0, 0.1) is 0 Å². The van der Waals surface area contributed by atoms with Crippen molar-refractivity contribution in [3.63, 3.8) is 0 Å². The van der Waals surface area contributed by atoms with E-state index in [9.17, 15) is 19.2 Å². The van der Waals surface area contributed by atoms with Crippen molar-refractivity contribution in [2.45, 2.75) is 50.2 Å². The second-order valence-corrected chi connectivity index (χ2v) is 6.90. The number of carboxylic acid groups (broad SMARTS) is 2. The van der Waals surface area contributed by atoms with Crippen LogP contribution in [0.4, 0.5) is 0 Å². The minimum absolute atomic E-state index is 0.218. The van der Waals surface area contributed by atoms with Gasteiger partial charge in [-0.05, 0) is 37.7 Å². The van der Waals surface area contributed by atoms with Gasteiger partial charge in [0.15, 0.2) is 0 Å². The average molecular weight is 375 g/mol. The molecule has 0 aromatic heterocycles. The molecule has 0 spiro atoms. The molecule has 2 amide bonds. The zero-order valence-electron chi connectivity index (χ0n) is 14.1. The van der Waals surface area contributed by atoms with Gasteiger partial charge in [-0.3, -0.25) is 14.4 Å². The number of carbonyl (C=O) groups is 4. The van der Waals surface area contributed by atoms with E-state index in [1.54, 1.807) is 11.8 Å². The molecule has 0 saturated carbocycles. The Kier molecular flexibility index (Phi) is 8.70. The number of carboxylic acids is 2. The fraction of sp³-hybridized carbons (Fsp3) is 0.733. The zero-order valence-corrected chi connectivity index (χ0v) is 15.0. The topological polar surface area (TPSA) is 150 Å². The maximum Gasteiger partial charge on any atom is 0.326 e. The molecule has 10 heteroatoms. The maximum absolute atomic E-state index is 12.4. The quantitative estimate of drug-likeness (QED) is 0.399. The van der Waals surface area contributed by atoms with Gasteiger partial charge in [-0.1, -0.05) is 0 Å². The summed E-state index contributed by atoms with van der Waals surface area (Å²) < 4.78 is 0. The standard InChI is InChI=1S/C15H25N3O6S/c1-25-8-6-9(16)14(22)18-7-2-3-11(18)13(21)17-10(15(23)24)4-5-12(19)20/h9-11H,2-8,16H2,1H3,(H,17,21)(H,19,20)(H,23,24)/t9-,10-,11-/m0/s1. The summed E-state index contributed by atoms with van der Waals surface area (Å²) in [7, 11) is 0. The van der Waals surface area contributed by atoms with Crippen molar-refractivity contribution in [2.24, 2.45) is 5.73 Å². The van der Waals surface area contributed by atoms with Crippen molar-refractivity contribution in [3.05, 3.63) is 0 Å². The van der Waals surface area contributed by atoms with Gasteiger partial charge in [-0.25, -0.2) is 4.79 Å². The Morgan fingerprint density at radius 1 is 1.28 bits per heavy atom. The van der Waals surface area contributed by atoms with E-state index in [1.807, 2.05) is 6.26 Å². The molecule has 25 heavy (non-hydrogen) atoms. The Labute approximate surface area is 150 Å². The Morgan fingerprint density at radius 2 is 1.96 bits per heavy atom. The molecule has 142 valence electrons. The number of nitrogens with two attached hydrogens (primary N) is 1. The van der Waals surface area contributed by atoms with Crippen molar-refractivity contribution in [3.8, 4) is 0 Å². The molecule has 0 aliphatic carbocycles. The number of aliphatic carboxylic acids is 2. The normalized spacial score (nSPS) is 19.3. The van der Waals surface area contributed by atoms with Gasteiger partial charge in [0.25, 0.3) is 0 Å². The first-order valence-electron chi connectivity index (χ1n) is 8.07. The van der Waals surface area contributed by atoms with Gasteiger partial charge in [-0.2, -0.15) is 11.8 Å². The summed E-state index contributed by atoms with van der Waals surface area (Å²) in [6, 6.07) is -2.76. The van der Waals surface area contributed by atoms with Crippen LogP contribution < -0.4 is 11.1 Å². The number of hydrogen-bond donors (Lipinski definition) is 4. The van der Waals surface area contributed by atoms with E-state index in [0.717, 1.165) is 5.75 Å². The lowest BCUT2D eigenvalue weighted by Crippen LogP contribution is -2.54. The van der Waals surface area contributed by atoms with E-state index in [-0.39, 0.29) is 18.7 Å². The van der Waals surface area contributed by atoms with Crippen molar-refractivity contribution in [1.29, 1.82) is 0 Å². The molecule has 1 heterocycles. The van der Waals surface area contributed by atoms with Crippen LogP contribution in [-0.4, -0.2) is 75.5 Å². The van der Waals surface area contributed by atoms with Crippen LogP contribution in [0.3, 0.4) is 0 Å². The lowest BCUT2D eigenvalue weighted by molar-refractivity contribution is -0.144. The van der Waals surface area contributed by atoms with Crippen LogP contribution in [0.15, 0.2) is 0 Å². The van der Waals surface area contributed by atoms with Crippen molar-refractivity contribution in [1.82, 2.24) is 10.2 Å². The SMILES string of the molecule is CSCC[C@H](N)C(=O)N1CCC[C@H]1C(=O)N[C@@H](CCC(=O)O)C(=O)O. The number of likely N-dealkylation sites (tertiary alicyclic amines) is 1. The number of hydrogen-bond acceptors (Lipinski definition) is 6. The summed E-state index contributed by atoms with van der Waals surface area (Å²) >= 11 is 1.57. The number of carbonyl (C=O) groups excluding carboxylic acids is 2. The number of rotatable bonds is 10. The van der Waals surface area contributed by atoms with Gasteiger partial charge in [0, 0.05) is 13.0 Å². The van der Waals surface area contributed by atoms with E-state index in [2.05, 4.69) is 5.32 Å². The van der Waals surface area contributed by atoms with Crippen LogP contribution in [-0.2, 0) is 19.2 Å². The molecule has 0 bridgehead atoms. The molecule has 0 aromatic rings. The minimum atomic E-state index is -1.30. The maximum atomic E-state index is 12.4. The van der Waals surface area contributed by atoms with Crippen LogP contribution in [0.2, 0.25) is 0 Å². The van der Waals surface area contributed by atoms with E-state index in [1.165, 1.54) is 4.90 Å². The van der Waals surface area contributed by atoms with Gasteiger partial charge >= 0.3 is 11.9 Å². The number of amides is 2. The summed E-state index contributed by atoms with van der Waals surface area (Å²) in [5, 5.41) is 20.1. The summed E-state index contributed by atoms with van der Waals surface area (Å²) in [6.45, 7) is 0.400. The van der Waals surface area contributed by atoms with Gasteiger partial charge in [0.2, 0.25) is 11.8 Å². The molecule has 9 nitrogen and oxygen atoms in total. The van der Waals surface area contributed by atoms with Crippen LogP contribution in [0.1, 0.15) is 32.1 Å². The molecular formula is C15H25N3O6S. The highest BCUT2D eigenvalue weighted by atomic mass is 32.2. The second kappa shape index (κ2) is 10.2. The largest absolute Gasteiger partial charge is 0.481 e. The highest BCUT2D eigenvalue weighted by Crippen LogP contribution is 2.19. The van der Waals surface area contributed by atoms with E-state index in [4.69, 9.17) is 15.9 Å². The third-order valence-electron chi connectivity index (χ3n) is 4.05. The van der Waals surface area contributed by atoms with Gasteiger partial charge in [0.05, 0.1) is 6.04 Å². The molecular weight excluding hydrogens is 350 g/mol. The second-order valence-electron chi connectivity index (χ2n) is 5.91. The first-order chi connectivity index (χ1) is 11.8. The number of thioether (sulfide) groups is 1. The Balaban J connectivity index is 2.69. The predicted molar refractivity (Wildman–Crippen MR) is 92.1 cm³/mol. The highest BCUT2D eigenvalue weighted by molar-refractivity contribution is 7.98.